The molecule has 2 amide bonds. The van der Waals surface area contributed by atoms with Crippen molar-refractivity contribution in [1.29, 1.82) is 0 Å². The highest BCUT2D eigenvalue weighted by atomic mass is 19.4. The van der Waals surface area contributed by atoms with Crippen molar-refractivity contribution in [2.45, 2.75) is 51.1 Å². The topological polar surface area (TPSA) is 127 Å². The summed E-state index contributed by atoms with van der Waals surface area (Å²) in [6, 6.07) is 14.1. The zero-order valence-electron chi connectivity index (χ0n) is 21.3. The van der Waals surface area contributed by atoms with Crippen LogP contribution in [0.25, 0.3) is 10.9 Å². The minimum absolute atomic E-state index is 0.0165. The molecule has 0 spiro atoms. The number of aryl methyl sites for hydroxylation is 1. The van der Waals surface area contributed by atoms with E-state index in [1.165, 1.54) is 29.7 Å². The molecule has 2 unspecified atom stereocenters. The zero-order valence-corrected chi connectivity index (χ0v) is 21.3. The van der Waals surface area contributed by atoms with Crippen LogP contribution in [0.1, 0.15) is 40.9 Å². The Kier molecular flexibility index (Phi) is 8.85. The van der Waals surface area contributed by atoms with Crippen LogP contribution in [-0.2, 0) is 25.8 Å². The third-order valence-corrected chi connectivity index (χ3v) is 6.25. The summed E-state index contributed by atoms with van der Waals surface area (Å²) >= 11 is 0. The number of ether oxygens (including phenoxy) is 2. The van der Waals surface area contributed by atoms with Crippen molar-refractivity contribution >= 4 is 28.7 Å². The average Bonchev–Trinajstić information content (AvgIpc) is 2.93. The van der Waals surface area contributed by atoms with Crippen LogP contribution >= 0.6 is 0 Å². The fourth-order valence-corrected chi connectivity index (χ4v) is 4.39. The number of carbonyl (C=O) groups is 3. The van der Waals surface area contributed by atoms with Gasteiger partial charge >= 0.3 is 12.1 Å². The van der Waals surface area contributed by atoms with Gasteiger partial charge in [0.05, 0.1) is 24.1 Å². The van der Waals surface area contributed by atoms with Crippen molar-refractivity contribution in [3.63, 3.8) is 0 Å². The number of aromatic nitrogens is 1. The number of carbonyl (C=O) groups excluding carboxylic acids is 3. The van der Waals surface area contributed by atoms with Crippen molar-refractivity contribution in [2.75, 3.05) is 6.61 Å². The van der Waals surface area contributed by atoms with Gasteiger partial charge < -0.3 is 14.3 Å². The molecule has 13 heteroatoms. The quantitative estimate of drug-likeness (QED) is 0.327. The van der Waals surface area contributed by atoms with Crippen molar-refractivity contribution in [1.82, 2.24) is 15.5 Å². The maximum atomic E-state index is 13.2. The van der Waals surface area contributed by atoms with Crippen molar-refractivity contribution in [2.24, 2.45) is 0 Å². The summed E-state index contributed by atoms with van der Waals surface area (Å²) in [5, 5.41) is 10.0. The first-order valence-corrected chi connectivity index (χ1v) is 12.3. The van der Waals surface area contributed by atoms with E-state index in [-0.39, 0.29) is 38.0 Å². The molecule has 2 N–H and O–H groups in total. The molecule has 1 aliphatic heterocycles. The largest absolute Gasteiger partial charge is 0.493 e. The van der Waals surface area contributed by atoms with Crippen LogP contribution in [0, 0.1) is 6.92 Å². The lowest BCUT2D eigenvalue weighted by Crippen LogP contribution is -2.48. The van der Waals surface area contributed by atoms with Crippen molar-refractivity contribution < 1.29 is 47.1 Å². The number of nitrogens with one attached hydrogen (secondary N) is 1. The van der Waals surface area contributed by atoms with E-state index in [1.807, 2.05) is 37.3 Å². The van der Waals surface area contributed by atoms with Gasteiger partial charge in [0.1, 0.15) is 12.4 Å². The Morgan fingerprint density at radius 1 is 1.15 bits per heavy atom. The molecule has 2 heterocycles. The number of hydrogen-bond acceptors (Lipinski definition) is 8. The van der Waals surface area contributed by atoms with Gasteiger partial charge in [0.15, 0.2) is 0 Å². The molecule has 2 aromatic carbocycles. The fourth-order valence-electron chi connectivity index (χ4n) is 4.39. The number of amides is 2. The molecule has 1 saturated heterocycles. The first-order chi connectivity index (χ1) is 19.0. The lowest BCUT2D eigenvalue weighted by Gasteiger charge is -2.35. The molecule has 0 radical (unpaired) electrons. The molecule has 1 aliphatic rings. The summed E-state index contributed by atoms with van der Waals surface area (Å²) in [4.78, 5) is 45.4. The molecular formula is C27H26F3N3O7. The fraction of sp³-hybridized carbons (Fsp3) is 0.333. The highest BCUT2D eigenvalue weighted by Gasteiger charge is 2.45. The highest BCUT2D eigenvalue weighted by molar-refractivity contribution is 5.95. The molecule has 2 atom stereocenters. The second-order valence-electron chi connectivity index (χ2n) is 9.17. The Balaban J connectivity index is 1.50. The van der Waals surface area contributed by atoms with Crippen LogP contribution in [0.3, 0.4) is 0 Å². The summed E-state index contributed by atoms with van der Waals surface area (Å²) in [5.74, 6) is -3.93. The summed E-state index contributed by atoms with van der Waals surface area (Å²) < 4.78 is 50.3. The Labute approximate surface area is 226 Å². The number of para-hydroxylation sites is 1. The highest BCUT2D eigenvalue weighted by Crippen LogP contribution is 2.27. The van der Waals surface area contributed by atoms with E-state index in [1.54, 1.807) is 0 Å². The van der Waals surface area contributed by atoms with Gasteiger partial charge in [-0.1, -0.05) is 18.2 Å². The van der Waals surface area contributed by atoms with E-state index in [4.69, 9.17) is 14.7 Å². The van der Waals surface area contributed by atoms with Gasteiger partial charge in [-0.3, -0.25) is 19.8 Å². The predicted molar refractivity (Wildman–Crippen MR) is 133 cm³/mol. The van der Waals surface area contributed by atoms with Gasteiger partial charge in [-0.05, 0) is 56.2 Å². The summed E-state index contributed by atoms with van der Waals surface area (Å²) in [5.41, 5.74) is 3.93. The van der Waals surface area contributed by atoms with E-state index < -0.39 is 36.1 Å². The van der Waals surface area contributed by atoms with Gasteiger partial charge in [0, 0.05) is 28.8 Å². The second kappa shape index (κ2) is 12.3. The summed E-state index contributed by atoms with van der Waals surface area (Å²) in [7, 11) is 0. The molecule has 0 saturated carbocycles. The minimum atomic E-state index is -5.34. The van der Waals surface area contributed by atoms with Crippen LogP contribution in [0.2, 0.25) is 0 Å². The number of rotatable bonds is 7. The van der Waals surface area contributed by atoms with E-state index in [0.717, 1.165) is 22.2 Å². The summed E-state index contributed by atoms with van der Waals surface area (Å²) in [6.07, 6.45) is -6.53. The van der Waals surface area contributed by atoms with Crippen LogP contribution < -0.4 is 10.2 Å². The standard InChI is InChI=1S/C27H26F3N3O7/c1-16-12-18(22-4-2-3-5-23(22)31-16)15-39-20-8-6-17(7-9-20)25(35)33(40-26(36)27(28,29)30)19-10-11-38-21(13-19)14-24(34)32-37/h2-9,12,19,21,37H,10-11,13-15H2,1H3,(H,32,34). The lowest BCUT2D eigenvalue weighted by molar-refractivity contribution is -0.238. The first kappa shape index (κ1) is 28.8. The van der Waals surface area contributed by atoms with Crippen molar-refractivity contribution in [3.8, 4) is 5.75 Å². The van der Waals surface area contributed by atoms with Gasteiger partial charge in [-0.25, -0.2) is 10.3 Å². The molecule has 10 nitrogen and oxygen atoms in total. The molecule has 40 heavy (non-hydrogen) atoms. The number of nitrogens with zero attached hydrogens (tertiary/aromatic N) is 2. The number of fused-ring (bicyclic) bond motifs is 1. The maximum Gasteiger partial charge on any atom is 0.493 e. The van der Waals surface area contributed by atoms with Crippen LogP contribution in [-0.4, -0.2) is 58.0 Å². The Morgan fingerprint density at radius 3 is 2.58 bits per heavy atom. The van der Waals surface area contributed by atoms with E-state index in [0.29, 0.717) is 10.8 Å². The molecule has 4 rings (SSSR count). The van der Waals surface area contributed by atoms with Gasteiger partial charge in [0.2, 0.25) is 5.91 Å². The van der Waals surface area contributed by atoms with Gasteiger partial charge in [-0.15, -0.1) is 0 Å². The van der Waals surface area contributed by atoms with Gasteiger partial charge in [-0.2, -0.15) is 18.2 Å². The molecule has 1 fully saturated rings. The molecule has 0 bridgehead atoms. The van der Waals surface area contributed by atoms with E-state index in [9.17, 15) is 27.6 Å². The maximum absolute atomic E-state index is 13.2. The normalized spacial score (nSPS) is 17.2. The molecule has 3 aromatic rings. The van der Waals surface area contributed by atoms with Crippen LogP contribution in [0.15, 0.2) is 54.6 Å². The number of alkyl halides is 3. The molecular weight excluding hydrogens is 535 g/mol. The molecule has 0 aliphatic carbocycles. The number of hydroxylamine groups is 3. The SMILES string of the molecule is Cc1cc(COc2ccc(C(=O)N(OC(=O)C(F)(F)F)C3CCOC(CC(=O)NO)C3)cc2)c2ccccc2n1. The zero-order chi connectivity index (χ0) is 28.9. The number of halogens is 3. The predicted octanol–water partition coefficient (Wildman–Crippen LogP) is 4.03. The second-order valence-corrected chi connectivity index (χ2v) is 9.17. The first-order valence-electron chi connectivity index (χ1n) is 12.3. The minimum Gasteiger partial charge on any atom is -0.489 e. The Hall–Kier alpha value is -4.23. The molecule has 212 valence electrons. The van der Waals surface area contributed by atoms with Crippen molar-refractivity contribution in [3.05, 3.63) is 71.4 Å². The van der Waals surface area contributed by atoms with E-state index >= 15 is 0 Å². The smallest absolute Gasteiger partial charge is 0.489 e. The van der Waals surface area contributed by atoms with E-state index in [2.05, 4.69) is 9.82 Å². The average molecular weight is 562 g/mol. The van der Waals surface area contributed by atoms with Crippen LogP contribution in [0.4, 0.5) is 13.2 Å². The number of benzene rings is 2. The Bertz CT molecular complexity index is 1380. The van der Waals surface area contributed by atoms with Crippen LogP contribution in [0.5, 0.6) is 5.75 Å². The molecule has 1 aromatic heterocycles. The third kappa shape index (κ3) is 7.04. The number of hydrogen-bond donors (Lipinski definition) is 2. The number of pyridine rings is 1. The third-order valence-electron chi connectivity index (χ3n) is 6.25. The monoisotopic (exact) mass is 561 g/mol. The van der Waals surface area contributed by atoms with Gasteiger partial charge in [0.25, 0.3) is 5.91 Å². The summed E-state index contributed by atoms with van der Waals surface area (Å²) in [6.45, 7) is 2.06. The Morgan fingerprint density at radius 2 is 1.88 bits per heavy atom. The lowest BCUT2D eigenvalue weighted by atomic mass is 10.00.